The summed E-state index contributed by atoms with van der Waals surface area (Å²) in [5.41, 5.74) is 0.379. The minimum Gasteiger partial charge on any atom is -0.377 e. The van der Waals surface area contributed by atoms with Gasteiger partial charge in [0.15, 0.2) is 0 Å². The van der Waals surface area contributed by atoms with E-state index in [4.69, 9.17) is 4.74 Å². The molecular formula is C13H17NO2. The van der Waals surface area contributed by atoms with E-state index in [9.17, 15) is 4.79 Å². The van der Waals surface area contributed by atoms with Crippen LogP contribution in [0.5, 0.6) is 0 Å². The summed E-state index contributed by atoms with van der Waals surface area (Å²) < 4.78 is 5.73. The van der Waals surface area contributed by atoms with Crippen LogP contribution in [0, 0.1) is 40.9 Å². The van der Waals surface area contributed by atoms with Crippen molar-refractivity contribution in [3.8, 4) is 0 Å². The molecule has 6 aliphatic carbocycles. The number of hydrogen-bond donors (Lipinski definition) is 1. The van der Waals surface area contributed by atoms with Crippen LogP contribution in [-0.4, -0.2) is 24.7 Å². The van der Waals surface area contributed by atoms with E-state index >= 15 is 0 Å². The topological polar surface area (TPSA) is 38.3 Å². The fraction of sp³-hybridized carbons (Fsp3) is 0.923. The van der Waals surface area contributed by atoms with E-state index in [1.54, 1.807) is 0 Å². The molecule has 1 N–H and O–H groups in total. The van der Waals surface area contributed by atoms with E-state index in [2.05, 4.69) is 19.2 Å². The fourth-order valence-electron chi connectivity index (χ4n) is 6.68. The summed E-state index contributed by atoms with van der Waals surface area (Å²) in [6.45, 7) is 4.10. The van der Waals surface area contributed by atoms with Crippen LogP contribution in [0.25, 0.3) is 0 Å². The van der Waals surface area contributed by atoms with Gasteiger partial charge in [0, 0.05) is 13.2 Å². The van der Waals surface area contributed by atoms with Crippen LogP contribution in [0.4, 0.5) is 0 Å². The standard InChI is InChI=1S/C13H17NO2/c1-4(2)14-11(15)12-5-8-6(12)10-7(12)9(5)13(8,10)16-3/h4-10H,1-3H3,(H,14,15). The van der Waals surface area contributed by atoms with Gasteiger partial charge in [0.25, 0.3) is 0 Å². The number of rotatable bonds is 3. The van der Waals surface area contributed by atoms with Gasteiger partial charge in [-0.25, -0.2) is 0 Å². The molecule has 0 saturated heterocycles. The second-order valence-electron chi connectivity index (χ2n) is 6.77. The van der Waals surface area contributed by atoms with Gasteiger partial charge in [-0.2, -0.15) is 0 Å². The first-order valence-electron chi connectivity index (χ1n) is 6.49. The molecule has 1 amide bonds. The highest BCUT2D eigenvalue weighted by Gasteiger charge is 3.12. The third kappa shape index (κ3) is 0.396. The molecule has 0 unspecified atom stereocenters. The monoisotopic (exact) mass is 219 g/mol. The Balaban J connectivity index is 1.46. The largest absolute Gasteiger partial charge is 0.377 e. The van der Waals surface area contributed by atoms with Crippen LogP contribution < -0.4 is 5.32 Å². The van der Waals surface area contributed by atoms with Crippen LogP contribution in [0.2, 0.25) is 0 Å². The van der Waals surface area contributed by atoms with E-state index in [1.165, 1.54) is 0 Å². The van der Waals surface area contributed by atoms with Crippen molar-refractivity contribution in [3.05, 3.63) is 0 Å². The van der Waals surface area contributed by atoms with Crippen molar-refractivity contribution in [2.45, 2.75) is 25.5 Å². The normalized spacial score (nSPS) is 69.2. The van der Waals surface area contributed by atoms with Crippen LogP contribution in [0.15, 0.2) is 0 Å². The molecule has 6 saturated carbocycles. The third-order valence-electron chi connectivity index (χ3n) is 6.71. The van der Waals surface area contributed by atoms with Gasteiger partial charge in [0.2, 0.25) is 5.91 Å². The molecule has 0 bridgehead atoms. The first-order valence-corrected chi connectivity index (χ1v) is 6.49. The van der Waals surface area contributed by atoms with Crippen molar-refractivity contribution in [1.82, 2.24) is 5.32 Å². The maximum absolute atomic E-state index is 12.3. The van der Waals surface area contributed by atoms with Gasteiger partial charge in [-0.05, 0) is 49.4 Å². The average Bonchev–Trinajstić information content (AvgIpc) is 2.27. The van der Waals surface area contributed by atoms with E-state index < -0.39 is 0 Å². The van der Waals surface area contributed by atoms with Crippen molar-refractivity contribution in [2.75, 3.05) is 7.11 Å². The number of amides is 1. The lowest BCUT2D eigenvalue weighted by Gasteiger charge is -3.09. The molecule has 0 aromatic rings. The van der Waals surface area contributed by atoms with Gasteiger partial charge in [0.1, 0.15) is 0 Å². The first kappa shape index (κ1) is 8.51. The molecule has 6 rings (SSSR count). The molecular weight excluding hydrogens is 202 g/mol. The Morgan fingerprint density at radius 2 is 1.62 bits per heavy atom. The zero-order chi connectivity index (χ0) is 11.0. The molecule has 0 radical (unpaired) electrons. The maximum Gasteiger partial charge on any atom is 0.227 e. The average molecular weight is 219 g/mol. The summed E-state index contributed by atoms with van der Waals surface area (Å²) in [6.07, 6.45) is 0. The minimum absolute atomic E-state index is 0.102. The summed E-state index contributed by atoms with van der Waals surface area (Å²) in [7, 11) is 1.86. The van der Waals surface area contributed by atoms with Gasteiger partial charge in [-0.1, -0.05) is 0 Å². The van der Waals surface area contributed by atoms with Gasteiger partial charge >= 0.3 is 0 Å². The molecule has 3 nitrogen and oxygen atoms in total. The Hall–Kier alpha value is -0.570. The molecule has 0 atom stereocenters. The number of ether oxygens (including phenoxy) is 1. The van der Waals surface area contributed by atoms with E-state index in [0.29, 0.717) is 23.7 Å². The molecule has 0 aliphatic heterocycles. The second kappa shape index (κ2) is 1.86. The smallest absolute Gasteiger partial charge is 0.227 e. The first-order chi connectivity index (χ1) is 7.63. The Kier molecular flexibility index (Phi) is 0.988. The quantitative estimate of drug-likeness (QED) is 0.757. The molecule has 3 heteroatoms. The highest BCUT2D eigenvalue weighted by molar-refractivity contribution is 5.93. The molecule has 0 aromatic heterocycles. The number of methoxy groups -OCH3 is 1. The predicted octanol–water partition coefficient (Wildman–Crippen LogP) is 0.648. The zero-order valence-corrected chi connectivity index (χ0v) is 9.86. The van der Waals surface area contributed by atoms with Crippen LogP contribution in [0.3, 0.4) is 0 Å². The number of carbonyl (C=O) groups excluding carboxylic acids is 1. The third-order valence-corrected chi connectivity index (χ3v) is 6.71. The van der Waals surface area contributed by atoms with Crippen molar-refractivity contribution in [3.63, 3.8) is 0 Å². The summed E-state index contributed by atoms with van der Waals surface area (Å²) >= 11 is 0. The molecule has 6 aliphatic rings. The van der Waals surface area contributed by atoms with Crippen molar-refractivity contribution in [2.24, 2.45) is 40.9 Å². The highest BCUT2D eigenvalue weighted by atomic mass is 16.5. The van der Waals surface area contributed by atoms with E-state index in [0.717, 1.165) is 17.8 Å². The van der Waals surface area contributed by atoms with E-state index in [-0.39, 0.29) is 17.1 Å². The lowest BCUT2D eigenvalue weighted by atomic mass is 8.95. The molecule has 16 heavy (non-hydrogen) atoms. The Morgan fingerprint density at radius 3 is 2.00 bits per heavy atom. The highest BCUT2D eigenvalue weighted by Crippen LogP contribution is 3.07. The number of carbonyl (C=O) groups is 1. The summed E-state index contributed by atoms with van der Waals surface area (Å²) in [5.74, 6) is 4.74. The van der Waals surface area contributed by atoms with Gasteiger partial charge < -0.3 is 10.1 Å². The Bertz CT molecular complexity index is 388. The summed E-state index contributed by atoms with van der Waals surface area (Å²) in [5, 5.41) is 3.13. The lowest BCUT2D eigenvalue weighted by molar-refractivity contribution is -0.648. The fourth-order valence-corrected chi connectivity index (χ4v) is 6.68. The minimum atomic E-state index is 0.102. The summed E-state index contributed by atoms with van der Waals surface area (Å²) in [6, 6.07) is 0.282. The number of hydrogen-bond acceptors (Lipinski definition) is 2. The van der Waals surface area contributed by atoms with Crippen LogP contribution in [-0.2, 0) is 9.53 Å². The second-order valence-corrected chi connectivity index (χ2v) is 6.77. The lowest BCUT2D eigenvalue weighted by Crippen LogP contribution is -3.14. The van der Waals surface area contributed by atoms with Gasteiger partial charge in [-0.3, -0.25) is 4.79 Å². The molecule has 86 valence electrons. The molecule has 0 heterocycles. The molecule has 0 spiro atoms. The van der Waals surface area contributed by atoms with Crippen LogP contribution >= 0.6 is 0 Å². The maximum atomic E-state index is 12.3. The molecule has 6 fully saturated rings. The van der Waals surface area contributed by atoms with Gasteiger partial charge in [-0.15, -0.1) is 0 Å². The molecule has 0 aromatic carbocycles. The van der Waals surface area contributed by atoms with Crippen molar-refractivity contribution < 1.29 is 9.53 Å². The van der Waals surface area contributed by atoms with Crippen molar-refractivity contribution >= 4 is 5.91 Å². The summed E-state index contributed by atoms with van der Waals surface area (Å²) in [4.78, 5) is 12.3. The number of nitrogens with one attached hydrogen (secondary N) is 1. The SMILES string of the molecule is COC12C3C4C1C1C2C3C41C(=O)NC(C)C. The van der Waals surface area contributed by atoms with Crippen molar-refractivity contribution in [1.29, 1.82) is 0 Å². The van der Waals surface area contributed by atoms with Crippen LogP contribution in [0.1, 0.15) is 13.8 Å². The Morgan fingerprint density at radius 1 is 1.12 bits per heavy atom. The predicted molar refractivity (Wildman–Crippen MR) is 56.4 cm³/mol. The zero-order valence-electron chi connectivity index (χ0n) is 9.86. The van der Waals surface area contributed by atoms with Gasteiger partial charge in [0.05, 0.1) is 11.0 Å². The Labute approximate surface area is 94.9 Å². The van der Waals surface area contributed by atoms with E-state index in [1.807, 2.05) is 7.11 Å².